The molecule has 2 amide bonds. The molecule has 0 bridgehead atoms. The fourth-order valence-corrected chi connectivity index (χ4v) is 8.54. The second kappa shape index (κ2) is 27.7. The van der Waals surface area contributed by atoms with Gasteiger partial charge in [0.15, 0.2) is 11.7 Å². The highest BCUT2D eigenvalue weighted by Gasteiger charge is 2.29. The molecule has 4 aromatic carbocycles. The van der Waals surface area contributed by atoms with Gasteiger partial charge in [-0.05, 0) is 139 Å². The smallest absolute Gasteiger partial charge is 0.407 e. The van der Waals surface area contributed by atoms with Crippen LogP contribution in [0.1, 0.15) is 113 Å². The zero-order valence-electron chi connectivity index (χ0n) is 42.1. The Morgan fingerprint density at radius 2 is 1.32 bits per heavy atom. The number of nitrogens with zero attached hydrogens (tertiary/aromatic N) is 1. The van der Waals surface area contributed by atoms with Crippen molar-refractivity contribution in [1.82, 2.24) is 15.7 Å². The zero-order valence-corrected chi connectivity index (χ0v) is 43.0. The van der Waals surface area contributed by atoms with E-state index in [-0.39, 0.29) is 42.8 Å². The van der Waals surface area contributed by atoms with Gasteiger partial charge in [-0.15, -0.1) is 0 Å². The van der Waals surface area contributed by atoms with Crippen molar-refractivity contribution >= 4 is 59.1 Å². The highest BCUT2D eigenvalue weighted by atomic mass is 31.1. The van der Waals surface area contributed by atoms with Crippen molar-refractivity contribution in [1.29, 1.82) is 0 Å². The molecule has 0 aliphatic rings. The molecule has 0 heterocycles. The highest BCUT2D eigenvalue weighted by molar-refractivity contribution is 7.54. The van der Waals surface area contributed by atoms with Crippen molar-refractivity contribution in [2.24, 2.45) is 34.2 Å². The molecule has 0 saturated carbocycles. The molecule has 0 unspecified atom stereocenters. The number of Topliss-reactive ketones (excluding diaryl/α,β-unsaturated/α-hetero) is 2. The predicted octanol–water partition coefficient (Wildman–Crippen LogP) is 10.3. The first-order valence-corrected chi connectivity index (χ1v) is 26.7. The lowest BCUT2D eigenvalue weighted by Gasteiger charge is -2.23. The first-order valence-electron chi connectivity index (χ1n) is 24.4. The number of ketones is 2. The van der Waals surface area contributed by atoms with Gasteiger partial charge < -0.3 is 41.4 Å². The minimum atomic E-state index is -0.824. The Labute approximate surface area is 406 Å². The summed E-state index contributed by atoms with van der Waals surface area (Å²) in [7, 11) is -0.490. The van der Waals surface area contributed by atoms with Crippen molar-refractivity contribution in [3.63, 3.8) is 0 Å². The van der Waals surface area contributed by atoms with E-state index in [0.29, 0.717) is 82.3 Å². The number of ether oxygens (including phenoxy) is 3. The summed E-state index contributed by atoms with van der Waals surface area (Å²) in [6.45, 7) is 19.4. The first kappa shape index (κ1) is 55.3. The van der Waals surface area contributed by atoms with E-state index in [4.69, 9.17) is 25.7 Å². The molecule has 4 rings (SSSR count). The molecule has 7 N–H and O–H groups in total. The van der Waals surface area contributed by atoms with Crippen LogP contribution in [-0.2, 0) is 19.1 Å². The fourth-order valence-electron chi connectivity index (χ4n) is 8.01. The number of unbranched alkanes of at least 4 members (excludes halogenated alkanes) is 1. The van der Waals surface area contributed by atoms with Crippen LogP contribution in [-0.4, -0.2) is 86.8 Å². The Hall–Kier alpha value is -5.26. The maximum atomic E-state index is 14.2. The van der Waals surface area contributed by atoms with Crippen molar-refractivity contribution in [2.45, 2.75) is 130 Å². The van der Waals surface area contributed by atoms with Crippen LogP contribution in [0.5, 0.6) is 11.5 Å². The number of benzene rings is 4. The molecule has 0 aliphatic carbocycles. The Balaban J connectivity index is 1.55. The van der Waals surface area contributed by atoms with E-state index in [9.17, 15) is 19.2 Å². The van der Waals surface area contributed by atoms with Gasteiger partial charge in [-0.3, -0.25) is 19.4 Å². The average Bonchev–Trinajstić information content (AvgIpc) is 3.26. The molecule has 0 saturated heterocycles. The Morgan fingerprint density at radius 3 is 1.90 bits per heavy atom. The van der Waals surface area contributed by atoms with Crippen LogP contribution in [0.25, 0.3) is 32.7 Å². The minimum absolute atomic E-state index is 0.0454. The van der Waals surface area contributed by atoms with Gasteiger partial charge in [-0.1, -0.05) is 88.4 Å². The van der Waals surface area contributed by atoms with Crippen LogP contribution in [0.2, 0.25) is 0 Å². The van der Waals surface area contributed by atoms with E-state index < -0.39 is 37.8 Å². The van der Waals surface area contributed by atoms with Crippen LogP contribution in [0.4, 0.5) is 4.79 Å². The normalized spacial score (nSPS) is 13.4. The lowest BCUT2D eigenvalue weighted by Crippen LogP contribution is -2.45. The number of fused-ring (bicyclic) bond motifs is 2. The number of carbonyl (C=O) groups excluding carboxylic acids is 4. The number of hydrogen-bond acceptors (Lipinski definition) is 9. The lowest BCUT2D eigenvalue weighted by atomic mass is 9.90. The summed E-state index contributed by atoms with van der Waals surface area (Å²) in [5.41, 5.74) is 13.6. The topological polar surface area (TPSA) is 196 Å². The van der Waals surface area contributed by atoms with Gasteiger partial charge in [-0.2, -0.15) is 0 Å². The van der Waals surface area contributed by atoms with E-state index in [1.54, 1.807) is 20.8 Å². The van der Waals surface area contributed by atoms with Gasteiger partial charge in [0, 0.05) is 43.0 Å². The third kappa shape index (κ3) is 18.7. The molecule has 3 atom stereocenters. The van der Waals surface area contributed by atoms with E-state index in [1.165, 1.54) is 0 Å². The van der Waals surface area contributed by atoms with Gasteiger partial charge >= 0.3 is 6.09 Å². The Morgan fingerprint density at radius 1 is 0.721 bits per heavy atom. The number of nitrogens with one attached hydrogen (secondary N) is 3. The van der Waals surface area contributed by atoms with Gasteiger partial charge in [0.05, 0.1) is 25.3 Å². The SMILES string of the molecule is CC(C)CCOc1ccc2ccccc2c1-c1c(OCCCC(=O)[C@@H](CCCCNC(=O)OC(C)(C)C)NC(=O)[C@@H](CCCN=C(N)NP(C)C)CC(=O)[C@H](N)CC(C)C)ccc2ccccc12. The predicted molar refractivity (Wildman–Crippen MR) is 280 cm³/mol. The Bertz CT molecular complexity index is 2290. The second-order valence-corrected chi connectivity index (χ2v) is 21.8. The minimum Gasteiger partial charge on any atom is -0.493 e. The number of alkyl carbamates (subject to hydrolysis) is 1. The number of rotatable bonds is 28. The van der Waals surface area contributed by atoms with Crippen molar-refractivity contribution in [3.8, 4) is 22.6 Å². The number of hydrogen-bond donors (Lipinski definition) is 5. The molecule has 0 fully saturated rings. The molecule has 68 heavy (non-hydrogen) atoms. The fraction of sp³-hybridized carbons (Fsp3) is 0.537. The summed E-state index contributed by atoms with van der Waals surface area (Å²) in [5.74, 6) is 1.07. The second-order valence-electron chi connectivity index (χ2n) is 19.8. The van der Waals surface area contributed by atoms with Crippen LogP contribution in [0.15, 0.2) is 77.8 Å². The molecule has 0 radical (unpaired) electrons. The maximum absolute atomic E-state index is 14.2. The molecular formula is C54H79N6O7P. The monoisotopic (exact) mass is 955 g/mol. The van der Waals surface area contributed by atoms with E-state index in [2.05, 4.69) is 71.0 Å². The van der Waals surface area contributed by atoms with Crippen LogP contribution < -0.4 is 36.7 Å². The zero-order chi connectivity index (χ0) is 49.8. The van der Waals surface area contributed by atoms with Crippen molar-refractivity contribution < 1.29 is 33.4 Å². The molecule has 14 heteroatoms. The quantitative estimate of drug-likeness (QED) is 0.0158. The first-order chi connectivity index (χ1) is 32.3. The standard InChI is InChI=1S/C54H79N6O7P/c1-36(2)29-33-66-48-28-26-39-19-11-13-22-42(39)50(48)49-41-21-12-10-18-38(41)25-27-47(49)65-32-17-24-45(61)44(23-14-15-30-58-53(64)67-54(5,6)7)59-51(63)40(35-46(62)43(55)34-37(3)4)20-16-31-57-52(56)60-68(8)9/h10-13,18-19,21-22,25-28,36-37,40,43-44H,14-17,20,23-24,29-35,55H2,1-9H3,(H,58,64)(H,59,63)(H3,56,57,60)/t40-,43+,44+/m0/s1. The molecule has 372 valence electrons. The van der Waals surface area contributed by atoms with Crippen LogP contribution in [0.3, 0.4) is 0 Å². The van der Waals surface area contributed by atoms with Crippen LogP contribution in [0, 0.1) is 17.8 Å². The number of aliphatic imine (C=N–C) groups is 1. The summed E-state index contributed by atoms with van der Waals surface area (Å²) in [6.07, 6.45) is 3.70. The van der Waals surface area contributed by atoms with Crippen LogP contribution >= 0.6 is 8.07 Å². The maximum Gasteiger partial charge on any atom is 0.407 e. The van der Waals surface area contributed by atoms with Gasteiger partial charge in [0.1, 0.15) is 22.9 Å². The molecule has 0 aromatic heterocycles. The summed E-state index contributed by atoms with van der Waals surface area (Å²) in [5, 5.41) is 13.2. The largest absolute Gasteiger partial charge is 0.493 e. The third-order valence-electron chi connectivity index (χ3n) is 11.4. The number of nitrogens with two attached hydrogens (primary N) is 2. The summed E-state index contributed by atoms with van der Waals surface area (Å²) in [4.78, 5) is 58.5. The molecule has 0 aliphatic heterocycles. The summed E-state index contributed by atoms with van der Waals surface area (Å²) in [6, 6.07) is 23.2. The van der Waals surface area contributed by atoms with Crippen molar-refractivity contribution in [2.75, 3.05) is 39.6 Å². The molecule has 0 spiro atoms. The summed E-state index contributed by atoms with van der Waals surface area (Å²) < 4.78 is 18.5. The van der Waals surface area contributed by atoms with Gasteiger partial charge in [-0.25, -0.2) is 4.79 Å². The molecule has 4 aromatic rings. The van der Waals surface area contributed by atoms with Gasteiger partial charge in [0.2, 0.25) is 5.91 Å². The lowest BCUT2D eigenvalue weighted by molar-refractivity contribution is -0.133. The molecule has 13 nitrogen and oxygen atoms in total. The van der Waals surface area contributed by atoms with E-state index in [1.807, 2.05) is 63.6 Å². The Kier molecular flexibility index (Phi) is 22.5. The summed E-state index contributed by atoms with van der Waals surface area (Å²) >= 11 is 0. The third-order valence-corrected chi connectivity index (χ3v) is 12.1. The molecular weight excluding hydrogens is 876 g/mol. The number of guanidine groups is 1. The highest BCUT2D eigenvalue weighted by Crippen LogP contribution is 2.45. The average molecular weight is 955 g/mol. The number of carbonyl (C=O) groups is 4. The number of amides is 2. The van der Waals surface area contributed by atoms with E-state index >= 15 is 0 Å². The van der Waals surface area contributed by atoms with Gasteiger partial charge in [0.25, 0.3) is 0 Å². The van der Waals surface area contributed by atoms with Crippen molar-refractivity contribution in [3.05, 3.63) is 72.8 Å². The van der Waals surface area contributed by atoms with E-state index in [0.717, 1.165) is 44.8 Å².